The van der Waals surface area contributed by atoms with Gasteiger partial charge in [-0.2, -0.15) is 0 Å². The van der Waals surface area contributed by atoms with Crippen molar-refractivity contribution in [1.29, 1.82) is 0 Å². The summed E-state index contributed by atoms with van der Waals surface area (Å²) in [7, 11) is 0. The Bertz CT molecular complexity index is 815. The summed E-state index contributed by atoms with van der Waals surface area (Å²) in [4.78, 5) is 25.4. The van der Waals surface area contributed by atoms with Crippen molar-refractivity contribution in [3.05, 3.63) is 39.4 Å². The van der Waals surface area contributed by atoms with Crippen LogP contribution >= 0.6 is 46.7 Å². The minimum Gasteiger partial charge on any atom is -0.360 e. The number of hydrogen-bond donors (Lipinski definition) is 1. The maximum atomic E-state index is 12.7. The molecule has 1 saturated heterocycles. The van der Waals surface area contributed by atoms with E-state index in [1.54, 1.807) is 22.7 Å². The average molecular weight is 546 g/mol. The molecule has 0 aliphatic carbocycles. The molecule has 0 radical (unpaired) electrons. The molecule has 0 saturated carbocycles. The zero-order chi connectivity index (χ0) is 19.3. The van der Waals surface area contributed by atoms with Gasteiger partial charge in [0.2, 0.25) is 5.91 Å². The van der Waals surface area contributed by atoms with Crippen molar-refractivity contribution in [3.63, 3.8) is 0 Å². The van der Waals surface area contributed by atoms with Crippen LogP contribution in [0.15, 0.2) is 34.0 Å². The highest BCUT2D eigenvalue weighted by Gasteiger charge is 2.23. The zero-order valence-electron chi connectivity index (χ0n) is 16.7. The number of rotatable bonds is 4. The van der Waals surface area contributed by atoms with Crippen LogP contribution in [0.2, 0.25) is 0 Å². The Morgan fingerprint density at radius 2 is 1.93 bits per heavy atom. The van der Waals surface area contributed by atoms with E-state index in [9.17, 15) is 4.79 Å². The van der Waals surface area contributed by atoms with Crippen LogP contribution in [-0.2, 0) is 17.8 Å². The first-order chi connectivity index (χ1) is 13.7. The van der Waals surface area contributed by atoms with Crippen LogP contribution < -0.4 is 10.2 Å². The minimum atomic E-state index is 0. The number of guanidine groups is 1. The van der Waals surface area contributed by atoms with Gasteiger partial charge in [-0.05, 0) is 47.9 Å². The number of hydrogen-bond acceptors (Lipinski definition) is 5. The number of nitrogens with one attached hydrogen (secondary N) is 1. The van der Waals surface area contributed by atoms with Gasteiger partial charge in [0.1, 0.15) is 6.54 Å². The first-order valence-electron chi connectivity index (χ1n) is 9.89. The monoisotopic (exact) mass is 545 g/mol. The van der Waals surface area contributed by atoms with Gasteiger partial charge in [-0.3, -0.25) is 4.79 Å². The Balaban J connectivity index is 0.00000240. The Kier molecular flexibility index (Phi) is 8.19. The summed E-state index contributed by atoms with van der Waals surface area (Å²) < 4.78 is 0. The number of aliphatic imine (C=N–C) groups is 1. The summed E-state index contributed by atoms with van der Waals surface area (Å²) in [6.07, 6.45) is 0.965. The third kappa shape index (κ3) is 5.43. The number of nitrogens with zero attached hydrogens (tertiary/aromatic N) is 4. The number of fused-ring (bicyclic) bond motifs is 1. The fourth-order valence-corrected chi connectivity index (χ4v) is 5.39. The van der Waals surface area contributed by atoms with Crippen molar-refractivity contribution in [3.8, 4) is 0 Å². The lowest BCUT2D eigenvalue weighted by Crippen LogP contribution is -2.52. The number of thiophene rings is 2. The molecule has 0 aromatic carbocycles. The Morgan fingerprint density at radius 1 is 1.10 bits per heavy atom. The molecular formula is C20H28IN5OS2. The molecule has 4 heterocycles. The van der Waals surface area contributed by atoms with Gasteiger partial charge in [-0.1, -0.05) is 0 Å². The van der Waals surface area contributed by atoms with Gasteiger partial charge in [0, 0.05) is 50.7 Å². The van der Waals surface area contributed by atoms with Crippen LogP contribution in [0.4, 0.5) is 5.00 Å². The molecule has 1 amide bonds. The highest BCUT2D eigenvalue weighted by Crippen LogP contribution is 2.24. The lowest BCUT2D eigenvalue weighted by atomic mass is 10.1. The third-order valence-electron chi connectivity index (χ3n) is 5.26. The fourth-order valence-electron chi connectivity index (χ4n) is 3.72. The van der Waals surface area contributed by atoms with Crippen molar-refractivity contribution in [1.82, 2.24) is 15.1 Å². The molecule has 1 N–H and O–H groups in total. The average Bonchev–Trinajstić information content (AvgIpc) is 3.42. The number of carbonyl (C=O) groups is 1. The lowest BCUT2D eigenvalue weighted by Gasteiger charge is -2.37. The van der Waals surface area contributed by atoms with Gasteiger partial charge in [-0.25, -0.2) is 4.99 Å². The molecule has 2 aliphatic rings. The summed E-state index contributed by atoms with van der Waals surface area (Å²) in [6.45, 7) is 8.41. The number of anilines is 1. The van der Waals surface area contributed by atoms with Crippen LogP contribution in [0.3, 0.4) is 0 Å². The van der Waals surface area contributed by atoms with Gasteiger partial charge in [0.25, 0.3) is 0 Å². The smallest absolute Gasteiger partial charge is 0.244 e. The van der Waals surface area contributed by atoms with Gasteiger partial charge in [0.15, 0.2) is 5.96 Å². The predicted molar refractivity (Wildman–Crippen MR) is 133 cm³/mol. The number of piperazine rings is 1. The van der Waals surface area contributed by atoms with Crippen LogP contribution in [0.1, 0.15) is 17.4 Å². The van der Waals surface area contributed by atoms with E-state index in [4.69, 9.17) is 0 Å². The molecule has 4 rings (SSSR count). The zero-order valence-corrected chi connectivity index (χ0v) is 20.6. The Labute approximate surface area is 197 Å². The number of carbonyl (C=O) groups excluding carboxylic acids is 1. The molecule has 0 bridgehead atoms. The van der Waals surface area contributed by atoms with Crippen LogP contribution in [0, 0.1) is 0 Å². The predicted octanol–water partition coefficient (Wildman–Crippen LogP) is 3.10. The summed E-state index contributed by atoms with van der Waals surface area (Å²) >= 11 is 3.58. The molecular weight excluding hydrogens is 517 g/mol. The van der Waals surface area contributed by atoms with E-state index in [-0.39, 0.29) is 36.4 Å². The van der Waals surface area contributed by atoms with Gasteiger partial charge < -0.3 is 20.0 Å². The van der Waals surface area contributed by atoms with E-state index in [2.05, 4.69) is 56.0 Å². The second-order valence-corrected chi connectivity index (χ2v) is 8.96. The van der Waals surface area contributed by atoms with Gasteiger partial charge in [-0.15, -0.1) is 46.7 Å². The molecule has 158 valence electrons. The molecule has 29 heavy (non-hydrogen) atoms. The van der Waals surface area contributed by atoms with E-state index in [0.717, 1.165) is 58.2 Å². The topological polar surface area (TPSA) is 51.2 Å². The maximum Gasteiger partial charge on any atom is 0.244 e. The Morgan fingerprint density at radius 3 is 2.66 bits per heavy atom. The summed E-state index contributed by atoms with van der Waals surface area (Å²) in [5, 5.41) is 8.94. The van der Waals surface area contributed by atoms with Crippen molar-refractivity contribution < 1.29 is 4.79 Å². The highest BCUT2D eigenvalue weighted by atomic mass is 127. The van der Waals surface area contributed by atoms with Gasteiger partial charge in [0.05, 0.1) is 5.00 Å². The maximum absolute atomic E-state index is 12.7. The number of amides is 1. The standard InChI is InChI=1S/C20H27N5OS2.HI/c1-2-21-20(24-10-8-23(9-11-24)19-4-3-12-28-19)22-14-18(26)25-7-5-17-16(15-25)6-13-27-17;/h3-4,6,12-13H,2,5,7-11,14-15H2,1H3,(H,21,22);1H. The molecule has 0 unspecified atom stereocenters. The van der Waals surface area contributed by atoms with Crippen molar-refractivity contribution in [2.24, 2.45) is 4.99 Å². The number of halogens is 1. The molecule has 9 heteroatoms. The molecule has 0 spiro atoms. The molecule has 0 atom stereocenters. The third-order valence-corrected chi connectivity index (χ3v) is 7.21. The molecule has 6 nitrogen and oxygen atoms in total. The van der Waals surface area contributed by atoms with Crippen LogP contribution in [-0.4, -0.2) is 67.5 Å². The SMILES string of the molecule is CCNC(=NCC(=O)N1CCc2sccc2C1)N1CCN(c2cccs2)CC1.I. The first-order valence-corrected chi connectivity index (χ1v) is 11.6. The Hall–Kier alpha value is -1.33. The molecule has 2 aromatic heterocycles. The molecule has 2 aliphatic heterocycles. The lowest BCUT2D eigenvalue weighted by molar-refractivity contribution is -0.130. The fraction of sp³-hybridized carbons (Fsp3) is 0.500. The van der Waals surface area contributed by atoms with Crippen molar-refractivity contribution in [2.45, 2.75) is 19.9 Å². The quantitative estimate of drug-likeness (QED) is 0.365. The molecule has 2 aromatic rings. The molecule has 1 fully saturated rings. The summed E-state index contributed by atoms with van der Waals surface area (Å²) in [5.74, 6) is 0.972. The van der Waals surface area contributed by atoms with Gasteiger partial charge >= 0.3 is 0 Å². The second-order valence-electron chi connectivity index (χ2n) is 7.03. The summed E-state index contributed by atoms with van der Waals surface area (Å²) in [6, 6.07) is 6.42. The van der Waals surface area contributed by atoms with Crippen molar-refractivity contribution >= 4 is 63.5 Å². The van der Waals surface area contributed by atoms with E-state index < -0.39 is 0 Å². The van der Waals surface area contributed by atoms with E-state index in [1.807, 2.05) is 4.90 Å². The normalized spacial score (nSPS) is 17.0. The largest absolute Gasteiger partial charge is 0.360 e. The first kappa shape index (κ1) is 22.4. The van der Waals surface area contributed by atoms with E-state index in [0.29, 0.717) is 0 Å². The van der Waals surface area contributed by atoms with Crippen LogP contribution in [0.5, 0.6) is 0 Å². The second kappa shape index (κ2) is 10.6. The highest BCUT2D eigenvalue weighted by molar-refractivity contribution is 14.0. The van der Waals surface area contributed by atoms with Crippen molar-refractivity contribution in [2.75, 3.05) is 50.7 Å². The minimum absolute atomic E-state index is 0. The van der Waals surface area contributed by atoms with E-state index in [1.165, 1.54) is 15.4 Å². The van der Waals surface area contributed by atoms with Crippen LogP contribution in [0.25, 0.3) is 0 Å². The summed E-state index contributed by atoms with van der Waals surface area (Å²) in [5.41, 5.74) is 1.30. The van der Waals surface area contributed by atoms with E-state index >= 15 is 0 Å².